The molecule has 1 aromatic carbocycles. The minimum atomic E-state index is -0.630. The van der Waals surface area contributed by atoms with Crippen molar-refractivity contribution in [2.24, 2.45) is 0 Å². The van der Waals surface area contributed by atoms with Crippen LogP contribution >= 0.6 is 23.2 Å². The summed E-state index contributed by atoms with van der Waals surface area (Å²) in [5, 5.41) is 15.6. The standard InChI is InChI=1S/C17H12Cl2N8O3/c1-7-13(25-29-23-7)17(28)27(16-8(2)24-30-26-16)12-6-21-14(15(20)22-12)10-5-9(18)3-4-11(10)19/h3-6H,1-2H3,(H2,20,22). The Labute approximate surface area is 178 Å². The van der Waals surface area contributed by atoms with Crippen molar-refractivity contribution >= 4 is 46.6 Å². The predicted molar refractivity (Wildman–Crippen MR) is 106 cm³/mol. The van der Waals surface area contributed by atoms with Gasteiger partial charge in [-0.2, -0.15) is 0 Å². The fourth-order valence-electron chi connectivity index (χ4n) is 2.66. The molecule has 0 radical (unpaired) electrons. The summed E-state index contributed by atoms with van der Waals surface area (Å²) < 4.78 is 9.36. The number of anilines is 3. The van der Waals surface area contributed by atoms with Gasteiger partial charge in [-0.1, -0.05) is 33.5 Å². The van der Waals surface area contributed by atoms with Gasteiger partial charge >= 0.3 is 0 Å². The maximum absolute atomic E-state index is 13.1. The molecular weight excluding hydrogens is 435 g/mol. The molecule has 11 nitrogen and oxygen atoms in total. The second-order valence-electron chi connectivity index (χ2n) is 6.10. The Morgan fingerprint density at radius 1 is 1.07 bits per heavy atom. The molecule has 1 amide bonds. The summed E-state index contributed by atoms with van der Waals surface area (Å²) in [6.45, 7) is 3.18. The van der Waals surface area contributed by atoms with Gasteiger partial charge in [-0.15, -0.1) is 0 Å². The van der Waals surface area contributed by atoms with Crippen LogP contribution in [-0.2, 0) is 0 Å². The average Bonchev–Trinajstić information content (AvgIpc) is 3.33. The Hall–Kier alpha value is -3.57. The van der Waals surface area contributed by atoms with E-state index in [1.165, 1.54) is 6.20 Å². The molecule has 4 rings (SSSR count). The molecule has 0 atom stereocenters. The summed E-state index contributed by atoms with van der Waals surface area (Å²) in [6, 6.07) is 4.87. The van der Waals surface area contributed by atoms with Crippen LogP contribution in [0.1, 0.15) is 21.9 Å². The Balaban J connectivity index is 1.83. The number of nitrogens with zero attached hydrogens (tertiary/aromatic N) is 7. The predicted octanol–water partition coefficient (Wildman–Crippen LogP) is 3.39. The van der Waals surface area contributed by atoms with Crippen molar-refractivity contribution in [1.82, 2.24) is 30.6 Å². The Kier molecular flexibility index (Phi) is 5.06. The first kappa shape index (κ1) is 19.7. The van der Waals surface area contributed by atoms with Gasteiger partial charge in [-0.05, 0) is 42.4 Å². The molecule has 0 aliphatic heterocycles. The van der Waals surface area contributed by atoms with Crippen LogP contribution in [0.2, 0.25) is 10.0 Å². The largest absolute Gasteiger partial charge is 0.382 e. The lowest BCUT2D eigenvalue weighted by Gasteiger charge is -2.18. The first-order valence-corrected chi connectivity index (χ1v) is 9.13. The lowest BCUT2D eigenvalue weighted by molar-refractivity contribution is 0.0987. The quantitative estimate of drug-likeness (QED) is 0.493. The molecule has 0 spiro atoms. The molecule has 0 saturated carbocycles. The molecule has 0 fully saturated rings. The first-order chi connectivity index (χ1) is 14.4. The minimum Gasteiger partial charge on any atom is -0.382 e. The van der Waals surface area contributed by atoms with E-state index in [-0.39, 0.29) is 28.8 Å². The van der Waals surface area contributed by atoms with Crippen LogP contribution in [0.4, 0.5) is 17.5 Å². The molecule has 0 aliphatic carbocycles. The fourth-order valence-corrected chi connectivity index (χ4v) is 3.04. The van der Waals surface area contributed by atoms with Gasteiger partial charge in [0.05, 0.1) is 11.2 Å². The van der Waals surface area contributed by atoms with Crippen molar-refractivity contribution in [3.63, 3.8) is 0 Å². The maximum Gasteiger partial charge on any atom is 0.289 e. The van der Waals surface area contributed by atoms with Gasteiger partial charge in [0.15, 0.2) is 17.3 Å². The van der Waals surface area contributed by atoms with Crippen LogP contribution in [0.3, 0.4) is 0 Å². The average molecular weight is 447 g/mol. The normalized spacial score (nSPS) is 10.9. The van der Waals surface area contributed by atoms with Crippen molar-refractivity contribution in [2.45, 2.75) is 13.8 Å². The van der Waals surface area contributed by atoms with E-state index in [4.69, 9.17) is 33.6 Å². The zero-order valence-electron chi connectivity index (χ0n) is 15.5. The number of carbonyl (C=O) groups excluding carboxylic acids is 1. The molecule has 2 N–H and O–H groups in total. The summed E-state index contributed by atoms with van der Waals surface area (Å²) in [5.74, 6) is -0.474. The highest BCUT2D eigenvalue weighted by Crippen LogP contribution is 2.34. The molecule has 3 heterocycles. The number of nitrogen functional groups attached to an aromatic ring is 1. The van der Waals surface area contributed by atoms with Gasteiger partial charge in [-0.3, -0.25) is 4.79 Å². The molecule has 4 aromatic rings. The van der Waals surface area contributed by atoms with E-state index >= 15 is 0 Å². The molecule has 13 heteroatoms. The molecule has 0 bridgehead atoms. The van der Waals surface area contributed by atoms with Crippen molar-refractivity contribution < 1.29 is 14.1 Å². The number of halogens is 2. The van der Waals surface area contributed by atoms with E-state index in [9.17, 15) is 4.79 Å². The van der Waals surface area contributed by atoms with Crippen molar-refractivity contribution in [3.05, 3.63) is 51.5 Å². The second kappa shape index (κ2) is 7.69. The van der Waals surface area contributed by atoms with Crippen LogP contribution < -0.4 is 10.6 Å². The van der Waals surface area contributed by atoms with Crippen LogP contribution in [0, 0.1) is 13.8 Å². The van der Waals surface area contributed by atoms with E-state index in [1.54, 1.807) is 32.0 Å². The third kappa shape index (κ3) is 3.44. The topological polar surface area (TPSA) is 150 Å². The maximum atomic E-state index is 13.1. The van der Waals surface area contributed by atoms with E-state index in [0.717, 1.165) is 4.90 Å². The molecule has 0 saturated heterocycles. The van der Waals surface area contributed by atoms with Gasteiger partial charge in [-0.25, -0.2) is 24.1 Å². The monoisotopic (exact) mass is 446 g/mol. The van der Waals surface area contributed by atoms with Crippen molar-refractivity contribution in [2.75, 3.05) is 10.6 Å². The number of aryl methyl sites for hydroxylation is 2. The second-order valence-corrected chi connectivity index (χ2v) is 6.94. The summed E-state index contributed by atoms with van der Waals surface area (Å²) in [5.41, 5.74) is 7.50. The first-order valence-electron chi connectivity index (χ1n) is 8.37. The van der Waals surface area contributed by atoms with E-state index < -0.39 is 5.91 Å². The molecule has 3 aromatic heterocycles. The zero-order chi connectivity index (χ0) is 21.4. The molecule has 0 unspecified atom stereocenters. The van der Waals surface area contributed by atoms with Gasteiger partial charge in [0.25, 0.3) is 5.91 Å². The lowest BCUT2D eigenvalue weighted by Crippen LogP contribution is -2.29. The fraction of sp³-hybridized carbons (Fsp3) is 0.118. The Bertz CT molecular complexity index is 1260. The minimum absolute atomic E-state index is 0.0126. The van der Waals surface area contributed by atoms with Gasteiger partial charge in [0.1, 0.15) is 17.1 Å². The van der Waals surface area contributed by atoms with Crippen LogP contribution in [0.25, 0.3) is 11.3 Å². The molecule has 152 valence electrons. The summed E-state index contributed by atoms with van der Waals surface area (Å²) in [7, 11) is 0. The van der Waals surface area contributed by atoms with Gasteiger partial charge in [0.2, 0.25) is 5.82 Å². The highest BCUT2D eigenvalue weighted by atomic mass is 35.5. The highest BCUT2D eigenvalue weighted by Gasteiger charge is 2.31. The van der Waals surface area contributed by atoms with E-state index in [2.05, 4.69) is 35.2 Å². The van der Waals surface area contributed by atoms with Crippen LogP contribution in [-0.4, -0.2) is 36.5 Å². The number of hydrogen-bond donors (Lipinski definition) is 1. The summed E-state index contributed by atoms with van der Waals surface area (Å²) in [4.78, 5) is 22.9. The SMILES string of the molecule is Cc1nonc1C(=O)N(c1cnc(-c2cc(Cl)ccc2Cl)c(N)n1)c1nonc1C. The number of nitrogens with two attached hydrogens (primary N) is 1. The van der Waals surface area contributed by atoms with Crippen LogP contribution in [0.5, 0.6) is 0 Å². The number of hydrogen-bond acceptors (Lipinski definition) is 10. The molecule has 30 heavy (non-hydrogen) atoms. The van der Waals surface area contributed by atoms with Gasteiger partial charge < -0.3 is 5.73 Å². The third-order valence-corrected chi connectivity index (χ3v) is 4.66. The van der Waals surface area contributed by atoms with Crippen molar-refractivity contribution in [3.8, 4) is 11.3 Å². The number of aromatic nitrogens is 6. The Morgan fingerprint density at radius 3 is 2.43 bits per heavy atom. The van der Waals surface area contributed by atoms with Crippen LogP contribution in [0.15, 0.2) is 33.7 Å². The highest BCUT2D eigenvalue weighted by molar-refractivity contribution is 6.35. The zero-order valence-corrected chi connectivity index (χ0v) is 17.0. The Morgan fingerprint density at radius 2 is 1.80 bits per heavy atom. The summed E-state index contributed by atoms with van der Waals surface area (Å²) >= 11 is 12.3. The number of rotatable bonds is 4. The number of benzene rings is 1. The van der Waals surface area contributed by atoms with Crippen molar-refractivity contribution in [1.29, 1.82) is 0 Å². The smallest absolute Gasteiger partial charge is 0.289 e. The third-order valence-electron chi connectivity index (χ3n) is 4.10. The van der Waals surface area contributed by atoms with Gasteiger partial charge in [0, 0.05) is 10.6 Å². The number of amides is 1. The molecular formula is C17H12Cl2N8O3. The van der Waals surface area contributed by atoms with E-state index in [0.29, 0.717) is 27.0 Å². The van der Waals surface area contributed by atoms with E-state index in [1.807, 2.05) is 0 Å². The lowest BCUT2D eigenvalue weighted by atomic mass is 10.1. The summed E-state index contributed by atoms with van der Waals surface area (Å²) in [6.07, 6.45) is 1.33. The molecule has 0 aliphatic rings. The number of carbonyl (C=O) groups is 1.